The van der Waals surface area contributed by atoms with Crippen LogP contribution in [0.3, 0.4) is 0 Å². The molecule has 0 saturated carbocycles. The predicted molar refractivity (Wildman–Crippen MR) is 127 cm³/mol. The monoisotopic (exact) mass is 439 g/mol. The summed E-state index contributed by atoms with van der Waals surface area (Å²) in [6, 6.07) is 27.6. The van der Waals surface area contributed by atoms with E-state index in [1.807, 2.05) is 91.9 Å². The van der Waals surface area contributed by atoms with Gasteiger partial charge >= 0.3 is 0 Å². The maximum absolute atomic E-state index is 13.1. The average molecular weight is 440 g/mol. The van der Waals surface area contributed by atoms with E-state index < -0.39 is 5.25 Å². The van der Waals surface area contributed by atoms with Crippen molar-refractivity contribution in [3.63, 3.8) is 0 Å². The van der Waals surface area contributed by atoms with Crippen LogP contribution < -0.4 is 5.32 Å². The lowest BCUT2D eigenvalue weighted by Gasteiger charge is -2.21. The lowest BCUT2D eigenvalue weighted by molar-refractivity contribution is -0.120. The number of para-hydroxylation sites is 1. The molecule has 32 heavy (non-hydrogen) atoms. The number of rotatable bonds is 6. The maximum Gasteiger partial charge on any atom is 0.234 e. The van der Waals surface area contributed by atoms with E-state index in [-0.39, 0.29) is 11.9 Å². The van der Waals surface area contributed by atoms with E-state index in [0.717, 1.165) is 27.5 Å². The smallest absolute Gasteiger partial charge is 0.234 e. The van der Waals surface area contributed by atoms with Crippen molar-refractivity contribution in [2.75, 3.05) is 0 Å². The highest BCUT2D eigenvalue weighted by molar-refractivity contribution is 8.00. The topological polar surface area (TPSA) is 83.6 Å². The van der Waals surface area contributed by atoms with E-state index in [9.17, 15) is 4.79 Å². The minimum atomic E-state index is -0.395. The van der Waals surface area contributed by atoms with Gasteiger partial charge in [0.05, 0.1) is 11.3 Å². The predicted octanol–water partition coefficient (Wildman–Crippen LogP) is 4.89. The third kappa shape index (κ3) is 4.07. The summed E-state index contributed by atoms with van der Waals surface area (Å²) in [5.41, 5.74) is 4.42. The van der Waals surface area contributed by atoms with Crippen LogP contribution >= 0.6 is 11.8 Å². The molecule has 7 heteroatoms. The number of carbonyl (C=O) groups is 1. The summed E-state index contributed by atoms with van der Waals surface area (Å²) in [6.07, 6.45) is 0. The molecule has 0 unspecified atom stereocenters. The second-order valence-corrected chi connectivity index (χ2v) is 8.79. The molecule has 1 atom stereocenters. The molecule has 0 fully saturated rings. The van der Waals surface area contributed by atoms with E-state index in [4.69, 9.17) is 0 Å². The highest BCUT2D eigenvalue weighted by atomic mass is 32.2. The number of aromatic amines is 1. The molecule has 2 N–H and O–H groups in total. The van der Waals surface area contributed by atoms with Gasteiger partial charge in [-0.3, -0.25) is 4.79 Å². The Labute approximate surface area is 189 Å². The van der Waals surface area contributed by atoms with Crippen LogP contribution in [0, 0.1) is 0 Å². The minimum Gasteiger partial charge on any atom is -0.344 e. The number of thioether (sulfide) groups is 1. The van der Waals surface area contributed by atoms with Crippen molar-refractivity contribution < 1.29 is 4.79 Å². The molecule has 5 aromatic rings. The van der Waals surface area contributed by atoms with Crippen LogP contribution in [0.5, 0.6) is 0 Å². The SMILES string of the molecule is C[C@H](Sc1nnc2c(n1)[nH]c1ccccc12)C(=O)NC(c1ccccc1)c1ccccc1. The molecule has 0 spiro atoms. The van der Waals surface area contributed by atoms with E-state index in [0.29, 0.717) is 10.8 Å². The maximum atomic E-state index is 13.1. The zero-order valence-corrected chi connectivity index (χ0v) is 18.2. The van der Waals surface area contributed by atoms with E-state index in [1.165, 1.54) is 11.8 Å². The number of aromatic nitrogens is 4. The fourth-order valence-electron chi connectivity index (χ4n) is 3.68. The largest absolute Gasteiger partial charge is 0.344 e. The molecule has 0 aliphatic rings. The summed E-state index contributed by atoms with van der Waals surface area (Å²) in [4.78, 5) is 20.9. The van der Waals surface area contributed by atoms with Crippen molar-refractivity contribution in [3.8, 4) is 0 Å². The van der Waals surface area contributed by atoms with Gasteiger partial charge in [0.25, 0.3) is 0 Å². The number of nitrogens with zero attached hydrogens (tertiary/aromatic N) is 3. The van der Waals surface area contributed by atoms with Crippen LogP contribution in [-0.4, -0.2) is 31.3 Å². The van der Waals surface area contributed by atoms with Gasteiger partial charge in [-0.1, -0.05) is 90.6 Å². The Morgan fingerprint density at radius 2 is 1.50 bits per heavy atom. The van der Waals surface area contributed by atoms with Crippen molar-refractivity contribution in [3.05, 3.63) is 96.1 Å². The first kappa shape index (κ1) is 20.2. The summed E-state index contributed by atoms with van der Waals surface area (Å²) < 4.78 is 0. The minimum absolute atomic E-state index is 0.0898. The second-order valence-electron chi connectivity index (χ2n) is 7.49. The summed E-state index contributed by atoms with van der Waals surface area (Å²) in [6.45, 7) is 1.85. The molecule has 5 rings (SSSR count). The van der Waals surface area contributed by atoms with Crippen molar-refractivity contribution in [1.29, 1.82) is 0 Å². The summed E-state index contributed by atoms with van der Waals surface area (Å²) >= 11 is 1.29. The first-order valence-corrected chi connectivity index (χ1v) is 11.2. The average Bonchev–Trinajstić information content (AvgIpc) is 3.21. The van der Waals surface area contributed by atoms with Crippen molar-refractivity contribution in [1.82, 2.24) is 25.5 Å². The lowest BCUT2D eigenvalue weighted by Crippen LogP contribution is -2.35. The molecule has 0 bridgehead atoms. The normalized spacial score (nSPS) is 12.3. The van der Waals surface area contributed by atoms with Gasteiger partial charge in [0.1, 0.15) is 5.52 Å². The molecule has 6 nitrogen and oxygen atoms in total. The number of H-pyrrole nitrogens is 1. The second kappa shape index (κ2) is 8.80. The van der Waals surface area contributed by atoms with Gasteiger partial charge in [-0.05, 0) is 24.1 Å². The Kier molecular flexibility index (Phi) is 5.56. The van der Waals surface area contributed by atoms with Gasteiger partial charge in [0.15, 0.2) is 5.65 Å². The summed E-state index contributed by atoms with van der Waals surface area (Å²) in [5.74, 6) is -0.0898. The molecule has 3 aromatic carbocycles. The van der Waals surface area contributed by atoms with Gasteiger partial charge in [-0.15, -0.1) is 10.2 Å². The lowest BCUT2D eigenvalue weighted by atomic mass is 9.98. The summed E-state index contributed by atoms with van der Waals surface area (Å²) in [7, 11) is 0. The first-order chi connectivity index (χ1) is 15.7. The molecular formula is C25H21N5OS. The molecule has 158 valence electrons. The van der Waals surface area contributed by atoms with Crippen LogP contribution in [0.4, 0.5) is 0 Å². The van der Waals surface area contributed by atoms with E-state index >= 15 is 0 Å². The highest BCUT2D eigenvalue weighted by Gasteiger charge is 2.22. The van der Waals surface area contributed by atoms with Crippen molar-refractivity contribution in [2.24, 2.45) is 0 Å². The van der Waals surface area contributed by atoms with Crippen molar-refractivity contribution >= 4 is 39.7 Å². The van der Waals surface area contributed by atoms with Gasteiger partial charge in [0.2, 0.25) is 11.1 Å². The first-order valence-electron chi connectivity index (χ1n) is 10.4. The van der Waals surface area contributed by atoms with Crippen LogP contribution in [0.25, 0.3) is 22.1 Å². The Balaban J connectivity index is 1.36. The Morgan fingerprint density at radius 3 is 2.19 bits per heavy atom. The van der Waals surface area contributed by atoms with Crippen LogP contribution in [-0.2, 0) is 4.79 Å². The van der Waals surface area contributed by atoms with Gasteiger partial charge in [-0.25, -0.2) is 4.98 Å². The summed E-state index contributed by atoms with van der Waals surface area (Å²) in [5, 5.41) is 12.8. The van der Waals surface area contributed by atoms with Gasteiger partial charge < -0.3 is 10.3 Å². The zero-order valence-electron chi connectivity index (χ0n) is 17.4. The van der Waals surface area contributed by atoms with Gasteiger partial charge in [0, 0.05) is 10.9 Å². The van der Waals surface area contributed by atoms with Crippen molar-refractivity contribution in [2.45, 2.75) is 23.4 Å². The molecule has 0 aliphatic heterocycles. The van der Waals surface area contributed by atoms with E-state index in [1.54, 1.807) is 0 Å². The molecule has 0 saturated heterocycles. The molecule has 0 radical (unpaired) electrons. The third-order valence-electron chi connectivity index (χ3n) is 5.31. The number of benzene rings is 3. The number of nitrogens with one attached hydrogen (secondary N) is 2. The van der Waals surface area contributed by atoms with Crippen LogP contribution in [0.1, 0.15) is 24.1 Å². The molecule has 0 aliphatic carbocycles. The van der Waals surface area contributed by atoms with E-state index in [2.05, 4.69) is 25.5 Å². The molecular weight excluding hydrogens is 418 g/mol. The highest BCUT2D eigenvalue weighted by Crippen LogP contribution is 2.27. The van der Waals surface area contributed by atoms with Gasteiger partial charge in [-0.2, -0.15) is 0 Å². The number of carbonyl (C=O) groups excluding carboxylic acids is 1. The number of fused-ring (bicyclic) bond motifs is 3. The Morgan fingerprint density at radius 1 is 0.875 bits per heavy atom. The number of hydrogen-bond acceptors (Lipinski definition) is 5. The van der Waals surface area contributed by atoms with Crippen LogP contribution in [0.2, 0.25) is 0 Å². The fraction of sp³-hybridized carbons (Fsp3) is 0.120. The molecule has 2 heterocycles. The standard InChI is InChI=1S/C25H21N5OS/c1-16(32-25-28-23-22(29-30-25)19-14-8-9-15-20(19)26-23)24(31)27-21(17-10-4-2-5-11-17)18-12-6-3-7-13-18/h2-16,21H,1H3,(H,27,31)(H,26,28,30)/t16-/m0/s1. The molecule has 2 aromatic heterocycles. The zero-order chi connectivity index (χ0) is 21.9. The quantitative estimate of drug-likeness (QED) is 0.368. The fourth-order valence-corrected chi connectivity index (χ4v) is 4.40. The number of amides is 1. The number of hydrogen-bond donors (Lipinski definition) is 2. The Hall–Kier alpha value is -3.71. The Bertz CT molecular complexity index is 1330. The van der Waals surface area contributed by atoms with Crippen LogP contribution in [0.15, 0.2) is 90.1 Å². The third-order valence-corrected chi connectivity index (χ3v) is 6.26. The molecule has 1 amide bonds.